The normalized spacial score (nSPS) is 11.2. The minimum absolute atomic E-state index is 0.0202. The molecular formula is C15H13BrO3S. The van der Waals surface area contributed by atoms with E-state index in [0.717, 1.165) is 0 Å². The van der Waals surface area contributed by atoms with E-state index in [1.54, 1.807) is 42.5 Å². The molecule has 0 bridgehead atoms. The summed E-state index contributed by atoms with van der Waals surface area (Å²) in [6.07, 6.45) is -0.0202. The number of carbonyl (C=O) groups is 1. The minimum Gasteiger partial charge on any atom is -0.294 e. The number of hydrogen-bond donors (Lipinski definition) is 0. The number of benzene rings is 2. The maximum absolute atomic E-state index is 12.2. The molecular weight excluding hydrogens is 340 g/mol. The van der Waals surface area contributed by atoms with Gasteiger partial charge in [-0.2, -0.15) is 0 Å². The van der Waals surface area contributed by atoms with Gasteiger partial charge in [-0.25, -0.2) is 8.42 Å². The summed E-state index contributed by atoms with van der Waals surface area (Å²) in [6, 6.07) is 15.3. The van der Waals surface area contributed by atoms with Gasteiger partial charge < -0.3 is 0 Å². The van der Waals surface area contributed by atoms with Crippen LogP contribution < -0.4 is 0 Å². The van der Waals surface area contributed by atoms with Crippen molar-refractivity contribution in [3.05, 3.63) is 64.6 Å². The standard InChI is InChI=1S/C15H13BrO3S/c16-13-8-4-5-9-15(13)20(18,19)11-10-14(17)12-6-2-1-3-7-12/h1-9H,10-11H2. The molecule has 0 N–H and O–H groups in total. The zero-order valence-corrected chi connectivity index (χ0v) is 13.0. The lowest BCUT2D eigenvalue weighted by atomic mass is 10.1. The Kier molecular flexibility index (Phi) is 4.73. The molecule has 0 saturated heterocycles. The second-order valence-corrected chi connectivity index (χ2v) is 7.22. The topological polar surface area (TPSA) is 51.2 Å². The molecule has 0 heterocycles. The van der Waals surface area contributed by atoms with E-state index in [4.69, 9.17) is 0 Å². The summed E-state index contributed by atoms with van der Waals surface area (Å²) in [5.41, 5.74) is 0.537. The lowest BCUT2D eigenvalue weighted by molar-refractivity contribution is 0.0989. The third-order valence-electron chi connectivity index (χ3n) is 2.87. The summed E-state index contributed by atoms with van der Waals surface area (Å²) >= 11 is 3.22. The van der Waals surface area contributed by atoms with Crippen molar-refractivity contribution in [2.75, 3.05) is 5.75 Å². The Morgan fingerprint density at radius 1 is 0.950 bits per heavy atom. The molecule has 3 nitrogen and oxygen atoms in total. The number of halogens is 1. The first-order valence-corrected chi connectivity index (χ1v) is 8.51. The third kappa shape index (κ3) is 3.55. The van der Waals surface area contributed by atoms with Crippen LogP contribution in [0, 0.1) is 0 Å². The van der Waals surface area contributed by atoms with Crippen LogP contribution in [-0.4, -0.2) is 20.0 Å². The van der Waals surface area contributed by atoms with Crippen molar-refractivity contribution in [1.29, 1.82) is 0 Å². The Labute approximate surface area is 126 Å². The largest absolute Gasteiger partial charge is 0.294 e. The van der Waals surface area contributed by atoms with Crippen LogP contribution >= 0.6 is 15.9 Å². The zero-order valence-electron chi connectivity index (χ0n) is 10.6. The Hall–Kier alpha value is -1.46. The molecule has 104 valence electrons. The molecule has 0 aliphatic carbocycles. The van der Waals surface area contributed by atoms with Gasteiger partial charge in [0, 0.05) is 16.5 Å². The highest BCUT2D eigenvalue weighted by Crippen LogP contribution is 2.23. The first-order chi connectivity index (χ1) is 9.50. The van der Waals surface area contributed by atoms with Crippen LogP contribution in [0.25, 0.3) is 0 Å². The fraction of sp³-hybridized carbons (Fsp3) is 0.133. The van der Waals surface area contributed by atoms with Crippen molar-refractivity contribution >= 4 is 31.6 Å². The van der Waals surface area contributed by atoms with Gasteiger partial charge in [0.1, 0.15) is 0 Å². The predicted molar refractivity (Wildman–Crippen MR) is 81.6 cm³/mol. The lowest BCUT2D eigenvalue weighted by Crippen LogP contribution is -2.12. The highest BCUT2D eigenvalue weighted by Gasteiger charge is 2.19. The van der Waals surface area contributed by atoms with Crippen molar-refractivity contribution in [2.24, 2.45) is 0 Å². The molecule has 0 unspecified atom stereocenters. The van der Waals surface area contributed by atoms with E-state index in [2.05, 4.69) is 15.9 Å². The molecule has 0 amide bonds. The van der Waals surface area contributed by atoms with E-state index in [0.29, 0.717) is 10.0 Å². The number of ketones is 1. The average molecular weight is 353 g/mol. The summed E-state index contributed by atoms with van der Waals surface area (Å²) in [5, 5.41) is 0. The van der Waals surface area contributed by atoms with Gasteiger partial charge in [0.25, 0.3) is 0 Å². The van der Waals surface area contributed by atoms with E-state index >= 15 is 0 Å². The Morgan fingerprint density at radius 2 is 1.55 bits per heavy atom. The van der Waals surface area contributed by atoms with Gasteiger partial charge in [-0.1, -0.05) is 42.5 Å². The maximum Gasteiger partial charge on any atom is 0.179 e. The fourth-order valence-electron chi connectivity index (χ4n) is 1.80. The van der Waals surface area contributed by atoms with Gasteiger partial charge in [-0.05, 0) is 28.1 Å². The van der Waals surface area contributed by atoms with Crippen LogP contribution in [0.2, 0.25) is 0 Å². The van der Waals surface area contributed by atoms with E-state index < -0.39 is 9.84 Å². The number of Topliss-reactive ketones (excluding diaryl/α,β-unsaturated/α-hetero) is 1. The molecule has 2 aromatic carbocycles. The van der Waals surface area contributed by atoms with Crippen molar-refractivity contribution in [1.82, 2.24) is 0 Å². The zero-order chi connectivity index (χ0) is 14.6. The van der Waals surface area contributed by atoms with Crippen LogP contribution in [0.5, 0.6) is 0 Å². The fourth-order valence-corrected chi connectivity index (χ4v) is 4.15. The first-order valence-electron chi connectivity index (χ1n) is 6.06. The van der Waals surface area contributed by atoms with Crippen LogP contribution in [0.3, 0.4) is 0 Å². The van der Waals surface area contributed by atoms with Crippen LogP contribution in [-0.2, 0) is 9.84 Å². The molecule has 0 aliphatic rings. The number of sulfone groups is 1. The molecule has 0 atom stereocenters. The number of hydrogen-bond acceptors (Lipinski definition) is 3. The molecule has 0 aromatic heterocycles. The predicted octanol–water partition coefficient (Wildman–Crippen LogP) is 3.50. The summed E-state index contributed by atoms with van der Waals surface area (Å²) < 4.78 is 24.9. The second kappa shape index (κ2) is 6.33. The van der Waals surface area contributed by atoms with Crippen LogP contribution in [0.1, 0.15) is 16.8 Å². The monoisotopic (exact) mass is 352 g/mol. The van der Waals surface area contributed by atoms with Gasteiger partial charge >= 0.3 is 0 Å². The van der Waals surface area contributed by atoms with Crippen molar-refractivity contribution < 1.29 is 13.2 Å². The third-order valence-corrected chi connectivity index (χ3v) is 5.59. The Balaban J connectivity index is 2.11. The molecule has 2 aromatic rings. The SMILES string of the molecule is O=C(CCS(=O)(=O)c1ccccc1Br)c1ccccc1. The number of rotatable bonds is 5. The maximum atomic E-state index is 12.2. The highest BCUT2D eigenvalue weighted by molar-refractivity contribution is 9.10. The van der Waals surface area contributed by atoms with Crippen LogP contribution in [0.15, 0.2) is 64.0 Å². The van der Waals surface area contributed by atoms with E-state index in [-0.39, 0.29) is 22.9 Å². The first kappa shape index (κ1) is 14.9. The van der Waals surface area contributed by atoms with Crippen LogP contribution in [0.4, 0.5) is 0 Å². The molecule has 0 radical (unpaired) electrons. The van der Waals surface area contributed by atoms with E-state index in [1.807, 2.05) is 6.07 Å². The van der Waals surface area contributed by atoms with Crippen molar-refractivity contribution in [2.45, 2.75) is 11.3 Å². The van der Waals surface area contributed by atoms with E-state index in [1.165, 1.54) is 6.07 Å². The van der Waals surface area contributed by atoms with Gasteiger partial charge in [0.15, 0.2) is 15.6 Å². The summed E-state index contributed by atoms with van der Waals surface area (Å²) in [5.74, 6) is -0.357. The Morgan fingerprint density at radius 3 is 2.20 bits per heavy atom. The average Bonchev–Trinajstić information content (AvgIpc) is 2.46. The van der Waals surface area contributed by atoms with Gasteiger partial charge in [0.2, 0.25) is 0 Å². The summed E-state index contributed by atoms with van der Waals surface area (Å²) in [7, 11) is -3.46. The van der Waals surface area contributed by atoms with E-state index in [9.17, 15) is 13.2 Å². The number of carbonyl (C=O) groups excluding carboxylic acids is 1. The Bertz CT molecular complexity index is 709. The highest BCUT2D eigenvalue weighted by atomic mass is 79.9. The smallest absolute Gasteiger partial charge is 0.179 e. The molecule has 20 heavy (non-hydrogen) atoms. The minimum atomic E-state index is -3.46. The molecule has 2 rings (SSSR count). The molecule has 0 fully saturated rings. The lowest BCUT2D eigenvalue weighted by Gasteiger charge is -2.06. The molecule has 5 heteroatoms. The van der Waals surface area contributed by atoms with Crippen molar-refractivity contribution in [3.8, 4) is 0 Å². The van der Waals surface area contributed by atoms with Gasteiger partial charge in [0.05, 0.1) is 10.6 Å². The summed E-state index contributed by atoms with van der Waals surface area (Å²) in [4.78, 5) is 12.2. The molecule has 0 saturated carbocycles. The second-order valence-electron chi connectivity index (χ2n) is 4.29. The quantitative estimate of drug-likeness (QED) is 0.773. The molecule has 0 aliphatic heterocycles. The van der Waals surface area contributed by atoms with Crippen molar-refractivity contribution in [3.63, 3.8) is 0 Å². The molecule has 0 spiro atoms. The van der Waals surface area contributed by atoms with Gasteiger partial charge in [-0.15, -0.1) is 0 Å². The van der Waals surface area contributed by atoms with Gasteiger partial charge in [-0.3, -0.25) is 4.79 Å². The summed E-state index contributed by atoms with van der Waals surface area (Å²) in [6.45, 7) is 0.